The van der Waals surface area contributed by atoms with Crippen LogP contribution in [-0.2, 0) is 16.3 Å². The number of sulfone groups is 1. The van der Waals surface area contributed by atoms with Crippen LogP contribution < -0.4 is 0 Å². The number of nitrogens with zero attached hydrogens (tertiary/aromatic N) is 1. The normalized spacial score (nSPS) is 21.1. The average Bonchev–Trinajstić information content (AvgIpc) is 2.39. The van der Waals surface area contributed by atoms with Crippen LogP contribution in [0.15, 0.2) is 18.2 Å². The first-order chi connectivity index (χ1) is 9.36. The second-order valence-electron chi connectivity index (χ2n) is 5.39. The fourth-order valence-electron chi connectivity index (χ4n) is 2.55. The van der Waals surface area contributed by atoms with Crippen molar-refractivity contribution >= 4 is 9.84 Å². The summed E-state index contributed by atoms with van der Waals surface area (Å²) < 4.78 is 49.1. The number of likely N-dealkylation sites (tertiary alicyclic amines) is 1. The molecule has 2 rings (SSSR count). The second kappa shape index (κ2) is 6.18. The van der Waals surface area contributed by atoms with Crippen LogP contribution >= 0.6 is 0 Å². The lowest BCUT2D eigenvalue weighted by molar-refractivity contribution is 0.233. The van der Waals surface area contributed by atoms with Gasteiger partial charge in [0.05, 0.1) is 5.25 Å². The molecule has 0 bridgehead atoms. The number of benzene rings is 1. The third-order valence-electron chi connectivity index (χ3n) is 3.77. The summed E-state index contributed by atoms with van der Waals surface area (Å²) >= 11 is 0. The van der Waals surface area contributed by atoms with Gasteiger partial charge >= 0.3 is 0 Å². The average molecular weight is 303 g/mol. The van der Waals surface area contributed by atoms with Gasteiger partial charge in [0, 0.05) is 19.3 Å². The summed E-state index contributed by atoms with van der Waals surface area (Å²) in [7, 11) is -3.01. The lowest BCUT2D eigenvalue weighted by Gasteiger charge is -2.31. The molecule has 1 unspecified atom stereocenters. The highest BCUT2D eigenvalue weighted by atomic mass is 32.2. The standard InChI is InChI=1S/C14H19F2NO2S/c1-20(18,19)12-3-2-7-17(10-12)8-6-11-4-5-13(15)14(16)9-11/h4-5,9,12H,2-3,6-8,10H2,1H3. The van der Waals surface area contributed by atoms with E-state index in [1.54, 1.807) is 6.07 Å². The van der Waals surface area contributed by atoms with Gasteiger partial charge < -0.3 is 4.90 Å². The van der Waals surface area contributed by atoms with E-state index in [-0.39, 0.29) is 5.25 Å². The first kappa shape index (κ1) is 15.4. The summed E-state index contributed by atoms with van der Waals surface area (Å²) in [6, 6.07) is 3.89. The molecule has 20 heavy (non-hydrogen) atoms. The van der Waals surface area contributed by atoms with E-state index in [0.29, 0.717) is 25.9 Å². The van der Waals surface area contributed by atoms with E-state index < -0.39 is 21.5 Å². The molecule has 0 saturated carbocycles. The Morgan fingerprint density at radius 2 is 2.05 bits per heavy atom. The maximum Gasteiger partial charge on any atom is 0.159 e. The number of hydrogen-bond acceptors (Lipinski definition) is 3. The fraction of sp³-hybridized carbons (Fsp3) is 0.571. The number of hydrogen-bond donors (Lipinski definition) is 0. The van der Waals surface area contributed by atoms with Crippen LogP contribution in [0.2, 0.25) is 0 Å². The molecule has 3 nitrogen and oxygen atoms in total. The van der Waals surface area contributed by atoms with Gasteiger partial charge in [0.25, 0.3) is 0 Å². The van der Waals surface area contributed by atoms with E-state index in [0.717, 1.165) is 24.6 Å². The summed E-state index contributed by atoms with van der Waals surface area (Å²) in [5, 5.41) is -0.304. The smallest absolute Gasteiger partial charge is 0.159 e. The number of piperidine rings is 1. The van der Waals surface area contributed by atoms with Crippen molar-refractivity contribution in [3.63, 3.8) is 0 Å². The van der Waals surface area contributed by atoms with Gasteiger partial charge in [0.2, 0.25) is 0 Å². The Balaban J connectivity index is 1.92. The highest BCUT2D eigenvalue weighted by Crippen LogP contribution is 2.17. The van der Waals surface area contributed by atoms with Gasteiger partial charge in [-0.2, -0.15) is 0 Å². The summed E-state index contributed by atoms with van der Waals surface area (Å²) in [5.74, 6) is -1.68. The van der Waals surface area contributed by atoms with E-state index >= 15 is 0 Å². The maximum atomic E-state index is 13.1. The molecular formula is C14H19F2NO2S. The molecule has 1 saturated heterocycles. The Morgan fingerprint density at radius 3 is 2.70 bits per heavy atom. The van der Waals surface area contributed by atoms with E-state index in [1.165, 1.54) is 12.3 Å². The third-order valence-corrected chi connectivity index (χ3v) is 5.36. The van der Waals surface area contributed by atoms with E-state index in [1.807, 2.05) is 0 Å². The second-order valence-corrected chi connectivity index (χ2v) is 7.72. The maximum absolute atomic E-state index is 13.1. The van der Waals surface area contributed by atoms with Crippen molar-refractivity contribution in [3.05, 3.63) is 35.4 Å². The van der Waals surface area contributed by atoms with Gasteiger partial charge in [0.15, 0.2) is 21.5 Å². The van der Waals surface area contributed by atoms with Gasteiger partial charge in [-0.15, -0.1) is 0 Å². The molecule has 0 aliphatic carbocycles. The molecule has 1 aliphatic heterocycles. The Kier molecular flexibility index (Phi) is 4.75. The van der Waals surface area contributed by atoms with Crippen molar-refractivity contribution in [2.45, 2.75) is 24.5 Å². The van der Waals surface area contributed by atoms with E-state index in [4.69, 9.17) is 0 Å². The molecule has 0 spiro atoms. The minimum absolute atomic E-state index is 0.304. The molecule has 0 N–H and O–H groups in total. The van der Waals surface area contributed by atoms with Crippen LogP contribution in [0.25, 0.3) is 0 Å². The van der Waals surface area contributed by atoms with Crippen LogP contribution in [-0.4, -0.2) is 44.5 Å². The first-order valence-corrected chi connectivity index (χ1v) is 8.67. The van der Waals surface area contributed by atoms with Crippen molar-refractivity contribution in [2.75, 3.05) is 25.9 Å². The van der Waals surface area contributed by atoms with Crippen LogP contribution in [0.3, 0.4) is 0 Å². The summed E-state index contributed by atoms with van der Waals surface area (Å²) in [5.41, 5.74) is 0.727. The van der Waals surface area contributed by atoms with Crippen molar-refractivity contribution in [1.29, 1.82) is 0 Å². The molecule has 0 radical (unpaired) electrons. The van der Waals surface area contributed by atoms with Crippen LogP contribution in [0.5, 0.6) is 0 Å². The first-order valence-electron chi connectivity index (χ1n) is 6.71. The van der Waals surface area contributed by atoms with Crippen molar-refractivity contribution in [3.8, 4) is 0 Å². The summed E-state index contributed by atoms with van der Waals surface area (Å²) in [6.45, 7) is 2.05. The van der Waals surface area contributed by atoms with Gasteiger partial charge in [-0.3, -0.25) is 0 Å². The monoisotopic (exact) mass is 303 g/mol. The van der Waals surface area contributed by atoms with E-state index in [9.17, 15) is 17.2 Å². The topological polar surface area (TPSA) is 37.4 Å². The number of rotatable bonds is 4. The molecule has 1 aromatic carbocycles. The molecule has 1 fully saturated rings. The lowest BCUT2D eigenvalue weighted by atomic mass is 10.1. The van der Waals surface area contributed by atoms with E-state index in [2.05, 4.69) is 4.90 Å². The molecule has 1 atom stereocenters. The molecular weight excluding hydrogens is 284 g/mol. The summed E-state index contributed by atoms with van der Waals surface area (Å²) in [4.78, 5) is 2.08. The molecule has 1 aliphatic rings. The third kappa shape index (κ3) is 3.99. The predicted octanol–water partition coefficient (Wildman–Crippen LogP) is 2.02. The molecule has 112 valence electrons. The highest BCUT2D eigenvalue weighted by Gasteiger charge is 2.27. The van der Waals surface area contributed by atoms with Gasteiger partial charge in [-0.05, 0) is 43.5 Å². The zero-order chi connectivity index (χ0) is 14.8. The molecule has 0 amide bonds. The Bertz CT molecular complexity index is 575. The zero-order valence-electron chi connectivity index (χ0n) is 11.5. The minimum atomic E-state index is -3.01. The summed E-state index contributed by atoms with van der Waals surface area (Å²) in [6.07, 6.45) is 3.43. The number of halogens is 2. The van der Waals surface area contributed by atoms with Crippen molar-refractivity contribution < 1.29 is 17.2 Å². The zero-order valence-corrected chi connectivity index (χ0v) is 12.3. The van der Waals surface area contributed by atoms with Crippen molar-refractivity contribution in [2.24, 2.45) is 0 Å². The largest absolute Gasteiger partial charge is 0.302 e. The lowest BCUT2D eigenvalue weighted by Crippen LogP contribution is -2.42. The Labute approximate surface area is 118 Å². The van der Waals surface area contributed by atoms with Gasteiger partial charge in [-0.25, -0.2) is 17.2 Å². The predicted molar refractivity (Wildman–Crippen MR) is 74.4 cm³/mol. The Morgan fingerprint density at radius 1 is 1.30 bits per heavy atom. The van der Waals surface area contributed by atoms with Crippen molar-refractivity contribution in [1.82, 2.24) is 4.90 Å². The van der Waals surface area contributed by atoms with Gasteiger partial charge in [-0.1, -0.05) is 6.07 Å². The quantitative estimate of drug-likeness (QED) is 0.854. The Hall–Kier alpha value is -1.01. The van der Waals surface area contributed by atoms with Crippen LogP contribution in [0.4, 0.5) is 8.78 Å². The fourth-order valence-corrected chi connectivity index (χ4v) is 3.62. The minimum Gasteiger partial charge on any atom is -0.302 e. The van der Waals surface area contributed by atoms with Crippen LogP contribution in [0, 0.1) is 11.6 Å². The van der Waals surface area contributed by atoms with Gasteiger partial charge in [0.1, 0.15) is 0 Å². The molecule has 0 aromatic heterocycles. The molecule has 1 aromatic rings. The molecule has 1 heterocycles. The highest BCUT2D eigenvalue weighted by molar-refractivity contribution is 7.91. The molecule has 6 heteroatoms. The van der Waals surface area contributed by atoms with Crippen LogP contribution in [0.1, 0.15) is 18.4 Å². The SMILES string of the molecule is CS(=O)(=O)C1CCCN(CCc2ccc(F)c(F)c2)C1.